The maximum atomic E-state index is 13.7. The lowest BCUT2D eigenvalue weighted by Gasteiger charge is -2.37. The standard InChI is InChI=1S/C16H17F9O2/c1-3-8-27-11-6-4-10(5-7-11)12(2,26)9-13(17,18)14(19,20)15(21,22)16(23,24)25/h4-7,26H,3,8-9H2,1-2H3. The fourth-order valence-corrected chi connectivity index (χ4v) is 2.18. The summed E-state index contributed by atoms with van der Waals surface area (Å²) in [6, 6.07) is 4.45. The Morgan fingerprint density at radius 2 is 1.33 bits per heavy atom. The molecule has 0 aliphatic heterocycles. The highest BCUT2D eigenvalue weighted by Gasteiger charge is 2.81. The van der Waals surface area contributed by atoms with Gasteiger partial charge in [0.15, 0.2) is 0 Å². The first-order valence-corrected chi connectivity index (χ1v) is 7.65. The van der Waals surface area contributed by atoms with E-state index in [1.165, 1.54) is 12.1 Å². The van der Waals surface area contributed by atoms with Crippen molar-refractivity contribution in [2.24, 2.45) is 0 Å². The molecular formula is C16H17F9O2. The molecule has 0 bridgehead atoms. The van der Waals surface area contributed by atoms with Crippen molar-refractivity contribution >= 4 is 0 Å². The van der Waals surface area contributed by atoms with Crippen molar-refractivity contribution in [3.63, 3.8) is 0 Å². The first-order chi connectivity index (χ1) is 12.0. The molecule has 11 heteroatoms. The maximum absolute atomic E-state index is 13.7. The van der Waals surface area contributed by atoms with Gasteiger partial charge in [-0.05, 0) is 31.0 Å². The first-order valence-electron chi connectivity index (χ1n) is 7.65. The predicted octanol–water partition coefficient (Wildman–Crippen LogP) is 5.54. The molecule has 1 unspecified atom stereocenters. The highest BCUT2D eigenvalue weighted by molar-refractivity contribution is 5.31. The van der Waals surface area contributed by atoms with E-state index < -0.39 is 41.5 Å². The van der Waals surface area contributed by atoms with Crippen molar-refractivity contribution in [2.75, 3.05) is 6.61 Å². The maximum Gasteiger partial charge on any atom is 0.460 e. The van der Waals surface area contributed by atoms with Crippen LogP contribution in [0.3, 0.4) is 0 Å². The first kappa shape index (κ1) is 23.4. The van der Waals surface area contributed by atoms with E-state index in [2.05, 4.69) is 0 Å². The molecule has 0 saturated carbocycles. The molecule has 0 aliphatic rings. The number of rotatable bonds is 8. The van der Waals surface area contributed by atoms with E-state index in [1.54, 1.807) is 6.92 Å². The Morgan fingerprint density at radius 1 is 0.852 bits per heavy atom. The van der Waals surface area contributed by atoms with Crippen molar-refractivity contribution in [2.45, 2.75) is 56.2 Å². The minimum atomic E-state index is -6.99. The average molecular weight is 412 g/mol. The monoisotopic (exact) mass is 412 g/mol. The Bertz CT molecular complexity index is 622. The molecule has 0 aromatic heterocycles. The molecule has 1 aromatic rings. The molecule has 0 radical (unpaired) electrons. The van der Waals surface area contributed by atoms with E-state index >= 15 is 0 Å². The average Bonchev–Trinajstić information content (AvgIpc) is 2.51. The number of benzene rings is 1. The molecule has 27 heavy (non-hydrogen) atoms. The number of ether oxygens (including phenoxy) is 1. The Balaban J connectivity index is 3.11. The van der Waals surface area contributed by atoms with Gasteiger partial charge in [-0.3, -0.25) is 0 Å². The van der Waals surface area contributed by atoms with Gasteiger partial charge in [0.05, 0.1) is 18.6 Å². The van der Waals surface area contributed by atoms with Crippen LogP contribution in [0.4, 0.5) is 39.5 Å². The molecule has 156 valence electrons. The van der Waals surface area contributed by atoms with Gasteiger partial charge in [-0.25, -0.2) is 0 Å². The van der Waals surface area contributed by atoms with Crippen LogP contribution in [0.15, 0.2) is 24.3 Å². The van der Waals surface area contributed by atoms with Crippen molar-refractivity contribution < 1.29 is 49.4 Å². The minimum Gasteiger partial charge on any atom is -0.494 e. The van der Waals surface area contributed by atoms with Gasteiger partial charge < -0.3 is 9.84 Å². The highest BCUT2D eigenvalue weighted by Crippen LogP contribution is 2.55. The number of hydrogen-bond donors (Lipinski definition) is 1. The fourth-order valence-electron chi connectivity index (χ4n) is 2.18. The summed E-state index contributed by atoms with van der Waals surface area (Å²) in [6.45, 7) is 2.72. The molecule has 0 aliphatic carbocycles. The summed E-state index contributed by atoms with van der Waals surface area (Å²) in [7, 11) is 0. The van der Waals surface area contributed by atoms with Gasteiger partial charge in [-0.2, -0.15) is 39.5 Å². The highest BCUT2D eigenvalue weighted by atomic mass is 19.4. The molecule has 1 rings (SSSR count). The Hall–Kier alpha value is -1.65. The zero-order valence-electron chi connectivity index (χ0n) is 14.2. The number of hydrogen-bond acceptors (Lipinski definition) is 2. The van der Waals surface area contributed by atoms with Gasteiger partial charge in [0, 0.05) is 0 Å². The summed E-state index contributed by atoms with van der Waals surface area (Å²) in [5.74, 6) is -19.4. The SMILES string of the molecule is CCCOc1ccc(C(C)(O)CC(F)(F)C(F)(F)C(F)(F)C(F)(F)F)cc1. The van der Waals surface area contributed by atoms with Gasteiger partial charge in [0.1, 0.15) is 5.75 Å². The lowest BCUT2D eigenvalue weighted by Crippen LogP contribution is -2.62. The Labute approximate surface area is 148 Å². The molecule has 1 N–H and O–H groups in total. The zero-order chi connectivity index (χ0) is 21.3. The third kappa shape index (κ3) is 4.61. The molecule has 0 saturated heterocycles. The number of alkyl halides is 9. The van der Waals surface area contributed by atoms with Gasteiger partial charge in [-0.15, -0.1) is 0 Å². The van der Waals surface area contributed by atoms with Crippen LogP contribution in [-0.4, -0.2) is 35.7 Å². The molecule has 2 nitrogen and oxygen atoms in total. The second kappa shape index (κ2) is 7.40. The van der Waals surface area contributed by atoms with Crippen molar-refractivity contribution in [3.05, 3.63) is 29.8 Å². The third-order valence-corrected chi connectivity index (χ3v) is 3.73. The van der Waals surface area contributed by atoms with Crippen LogP contribution in [0.1, 0.15) is 32.3 Å². The summed E-state index contributed by atoms with van der Waals surface area (Å²) in [5, 5.41) is 10.0. The summed E-state index contributed by atoms with van der Waals surface area (Å²) in [4.78, 5) is 0. The van der Waals surface area contributed by atoms with Crippen LogP contribution in [0.25, 0.3) is 0 Å². The summed E-state index contributed by atoms with van der Waals surface area (Å²) in [5.41, 5.74) is -3.21. The fraction of sp³-hybridized carbons (Fsp3) is 0.625. The van der Waals surface area contributed by atoms with Crippen LogP contribution in [0, 0.1) is 0 Å². The van der Waals surface area contributed by atoms with Gasteiger partial charge >= 0.3 is 23.9 Å². The molecule has 1 aromatic carbocycles. The lowest BCUT2D eigenvalue weighted by molar-refractivity contribution is -0.400. The van der Waals surface area contributed by atoms with Crippen LogP contribution >= 0.6 is 0 Å². The summed E-state index contributed by atoms with van der Waals surface area (Å²) < 4.78 is 122. The van der Waals surface area contributed by atoms with Crippen LogP contribution in [-0.2, 0) is 5.60 Å². The molecule has 0 heterocycles. The van der Waals surface area contributed by atoms with E-state index in [1.807, 2.05) is 0 Å². The second-order valence-corrected chi connectivity index (χ2v) is 6.17. The smallest absolute Gasteiger partial charge is 0.460 e. The molecule has 0 fully saturated rings. The second-order valence-electron chi connectivity index (χ2n) is 6.17. The molecule has 0 amide bonds. The quantitative estimate of drug-likeness (QED) is 0.568. The Kier molecular flexibility index (Phi) is 6.41. The predicted molar refractivity (Wildman–Crippen MR) is 77.3 cm³/mol. The van der Waals surface area contributed by atoms with Gasteiger partial charge in [0.2, 0.25) is 0 Å². The third-order valence-electron chi connectivity index (χ3n) is 3.73. The topological polar surface area (TPSA) is 29.5 Å². The summed E-state index contributed by atoms with van der Waals surface area (Å²) >= 11 is 0. The lowest BCUT2D eigenvalue weighted by atomic mass is 9.86. The van der Waals surface area contributed by atoms with Crippen LogP contribution < -0.4 is 4.74 Å². The van der Waals surface area contributed by atoms with Crippen LogP contribution in [0.5, 0.6) is 5.75 Å². The number of halogens is 9. The number of aliphatic hydroxyl groups is 1. The van der Waals surface area contributed by atoms with Crippen molar-refractivity contribution in [3.8, 4) is 5.75 Å². The van der Waals surface area contributed by atoms with E-state index in [9.17, 15) is 44.6 Å². The zero-order valence-corrected chi connectivity index (χ0v) is 14.2. The van der Waals surface area contributed by atoms with E-state index in [0.29, 0.717) is 20.0 Å². The van der Waals surface area contributed by atoms with Crippen molar-refractivity contribution in [1.82, 2.24) is 0 Å². The summed E-state index contributed by atoms with van der Waals surface area (Å²) in [6.07, 6.45) is -8.62. The normalized spacial score (nSPS) is 16.1. The van der Waals surface area contributed by atoms with Crippen molar-refractivity contribution in [1.29, 1.82) is 0 Å². The minimum absolute atomic E-state index is 0.261. The van der Waals surface area contributed by atoms with Gasteiger partial charge in [0.25, 0.3) is 0 Å². The van der Waals surface area contributed by atoms with Gasteiger partial charge in [-0.1, -0.05) is 19.1 Å². The van der Waals surface area contributed by atoms with Crippen LogP contribution in [0.2, 0.25) is 0 Å². The van der Waals surface area contributed by atoms with E-state index in [4.69, 9.17) is 4.74 Å². The molecule has 0 spiro atoms. The van der Waals surface area contributed by atoms with E-state index in [-0.39, 0.29) is 5.75 Å². The molecular weight excluding hydrogens is 395 g/mol. The molecule has 1 atom stereocenters. The van der Waals surface area contributed by atoms with E-state index in [0.717, 1.165) is 12.1 Å². The Morgan fingerprint density at radius 3 is 1.74 bits per heavy atom. The largest absolute Gasteiger partial charge is 0.494 e.